The molecule has 0 aromatic carbocycles. The Morgan fingerprint density at radius 3 is 0.714 bits per heavy atom. The first kappa shape index (κ1) is 27.3. The Bertz CT molecular complexity index is 383. The van der Waals surface area contributed by atoms with Crippen LogP contribution in [0.25, 0.3) is 0 Å². The Kier molecular flexibility index (Phi) is 15.7. The first-order valence-corrected chi connectivity index (χ1v) is 10.6. The maximum Gasteiger partial charge on any atom is 0.306 e. The van der Waals surface area contributed by atoms with Crippen molar-refractivity contribution < 1.29 is 29.7 Å². The van der Waals surface area contributed by atoms with Crippen molar-refractivity contribution in [3.8, 4) is 0 Å². The third-order valence-electron chi connectivity index (χ3n) is 5.86. The van der Waals surface area contributed by atoms with Crippen molar-refractivity contribution in [2.75, 3.05) is 0 Å². The second kappa shape index (κ2) is 16.1. The summed E-state index contributed by atoms with van der Waals surface area (Å²) in [5.74, 6) is -1.89. The minimum Gasteiger partial charge on any atom is -0.481 e. The van der Waals surface area contributed by atoms with Crippen molar-refractivity contribution in [3.63, 3.8) is 0 Å². The summed E-state index contributed by atoms with van der Waals surface area (Å²) >= 11 is 0. The van der Waals surface area contributed by atoms with E-state index in [0.717, 1.165) is 77.0 Å². The van der Waals surface area contributed by atoms with E-state index in [1.165, 1.54) is 19.3 Å². The summed E-state index contributed by atoms with van der Waals surface area (Å²) in [5.41, 5.74) is 0. The van der Waals surface area contributed by atoms with Crippen LogP contribution in [0.1, 0.15) is 96.3 Å². The van der Waals surface area contributed by atoms with Gasteiger partial charge in [-0.25, -0.2) is 0 Å². The van der Waals surface area contributed by atoms with Gasteiger partial charge < -0.3 is 15.3 Å². The summed E-state index contributed by atoms with van der Waals surface area (Å²) in [5, 5.41) is 25.6. The van der Waals surface area contributed by atoms with E-state index < -0.39 is 17.9 Å². The van der Waals surface area contributed by atoms with Crippen LogP contribution in [-0.2, 0) is 14.4 Å². The van der Waals surface area contributed by atoms with Gasteiger partial charge in [0, 0.05) is 26.2 Å². The SMILES string of the molecule is O=C(O)C1CCCCC1.O=C(O)C1CCCCC1.O=C(O)C1CCCCC1.[Bi]. The molecule has 0 unspecified atom stereocenters. The van der Waals surface area contributed by atoms with Gasteiger partial charge in [0.15, 0.2) is 0 Å². The molecule has 0 atom stereocenters. The van der Waals surface area contributed by atoms with Gasteiger partial charge in [-0.15, -0.1) is 0 Å². The minimum absolute atomic E-state index is 0. The van der Waals surface area contributed by atoms with Gasteiger partial charge in [-0.2, -0.15) is 0 Å². The zero-order chi connectivity index (χ0) is 20.1. The topological polar surface area (TPSA) is 112 Å². The Hall–Kier alpha value is -0.707. The second-order valence-electron chi connectivity index (χ2n) is 8.02. The number of aliphatic carboxylic acids is 3. The molecule has 3 aliphatic carbocycles. The molecular formula is C21H36BiO6. The van der Waals surface area contributed by atoms with Crippen LogP contribution in [0.5, 0.6) is 0 Å². The number of hydrogen-bond donors (Lipinski definition) is 3. The molecule has 3 radical (unpaired) electrons. The van der Waals surface area contributed by atoms with Crippen LogP contribution in [-0.4, -0.2) is 59.4 Å². The fourth-order valence-corrected chi connectivity index (χ4v) is 4.05. The van der Waals surface area contributed by atoms with Gasteiger partial charge in [-0.3, -0.25) is 14.4 Å². The van der Waals surface area contributed by atoms with Crippen molar-refractivity contribution in [2.24, 2.45) is 17.8 Å². The molecular weight excluding hydrogens is 557 g/mol. The molecule has 6 nitrogen and oxygen atoms in total. The zero-order valence-electron chi connectivity index (χ0n) is 16.9. The smallest absolute Gasteiger partial charge is 0.306 e. The molecule has 0 aromatic heterocycles. The summed E-state index contributed by atoms with van der Waals surface area (Å²) in [7, 11) is 0. The number of hydrogen-bond acceptors (Lipinski definition) is 3. The van der Waals surface area contributed by atoms with E-state index in [-0.39, 0.29) is 44.0 Å². The van der Waals surface area contributed by atoms with Crippen molar-refractivity contribution in [2.45, 2.75) is 96.3 Å². The summed E-state index contributed by atoms with van der Waals surface area (Å²) < 4.78 is 0. The molecule has 3 rings (SSSR count). The molecule has 3 fully saturated rings. The standard InChI is InChI=1S/3C7H12O2.Bi/c3*8-7(9)6-4-2-1-3-5-6;/h3*6H,1-5H2,(H,8,9);. The Morgan fingerprint density at radius 1 is 0.429 bits per heavy atom. The molecule has 0 saturated heterocycles. The number of carboxylic acid groups (broad SMARTS) is 3. The summed E-state index contributed by atoms with van der Waals surface area (Å²) in [4.78, 5) is 31.1. The van der Waals surface area contributed by atoms with Crippen molar-refractivity contribution in [1.82, 2.24) is 0 Å². The number of carbonyl (C=O) groups is 3. The van der Waals surface area contributed by atoms with Gasteiger partial charge in [0.05, 0.1) is 17.8 Å². The Labute approximate surface area is 187 Å². The van der Waals surface area contributed by atoms with Crippen LogP contribution in [0.3, 0.4) is 0 Å². The molecule has 0 heterocycles. The van der Waals surface area contributed by atoms with Gasteiger partial charge >= 0.3 is 17.9 Å². The van der Waals surface area contributed by atoms with E-state index >= 15 is 0 Å². The summed E-state index contributed by atoms with van der Waals surface area (Å²) in [6.45, 7) is 0. The van der Waals surface area contributed by atoms with Gasteiger partial charge in [0.25, 0.3) is 0 Å². The third-order valence-corrected chi connectivity index (χ3v) is 5.86. The maximum atomic E-state index is 10.4. The molecule has 28 heavy (non-hydrogen) atoms. The summed E-state index contributed by atoms with van der Waals surface area (Å²) in [6.07, 6.45) is 15.7. The largest absolute Gasteiger partial charge is 0.481 e. The van der Waals surface area contributed by atoms with E-state index in [1.54, 1.807) is 0 Å². The normalized spacial score (nSPS) is 21.0. The molecule has 0 aromatic rings. The predicted octanol–water partition coefficient (Wildman–Crippen LogP) is 4.57. The first-order valence-electron chi connectivity index (χ1n) is 10.6. The van der Waals surface area contributed by atoms with Crippen LogP contribution in [0.4, 0.5) is 0 Å². The predicted molar refractivity (Wildman–Crippen MR) is 108 cm³/mol. The van der Waals surface area contributed by atoms with Gasteiger partial charge in [-0.1, -0.05) is 57.8 Å². The molecule has 161 valence electrons. The molecule has 7 heteroatoms. The van der Waals surface area contributed by atoms with Crippen LogP contribution < -0.4 is 0 Å². The summed E-state index contributed by atoms with van der Waals surface area (Å²) in [6, 6.07) is 0. The average Bonchev–Trinajstić information content (AvgIpc) is 2.71. The van der Waals surface area contributed by atoms with Crippen molar-refractivity contribution >= 4 is 44.1 Å². The monoisotopic (exact) mass is 593 g/mol. The average molecular weight is 593 g/mol. The number of carboxylic acids is 3. The van der Waals surface area contributed by atoms with Gasteiger partial charge in [0.2, 0.25) is 0 Å². The van der Waals surface area contributed by atoms with E-state index in [2.05, 4.69) is 0 Å². The minimum atomic E-state index is -0.602. The maximum absolute atomic E-state index is 10.4. The molecule has 0 aliphatic heterocycles. The van der Waals surface area contributed by atoms with E-state index in [1.807, 2.05) is 0 Å². The molecule has 0 bridgehead atoms. The first-order chi connectivity index (χ1) is 12.9. The van der Waals surface area contributed by atoms with Gasteiger partial charge in [0.1, 0.15) is 0 Å². The van der Waals surface area contributed by atoms with E-state index in [0.29, 0.717) is 0 Å². The van der Waals surface area contributed by atoms with Crippen molar-refractivity contribution in [3.05, 3.63) is 0 Å². The third kappa shape index (κ3) is 12.0. The fraction of sp³-hybridized carbons (Fsp3) is 0.857. The number of rotatable bonds is 3. The van der Waals surface area contributed by atoms with Crippen LogP contribution >= 0.6 is 0 Å². The van der Waals surface area contributed by atoms with Gasteiger partial charge in [-0.05, 0) is 38.5 Å². The molecule has 3 aliphatic rings. The molecule has 0 spiro atoms. The van der Waals surface area contributed by atoms with Crippen LogP contribution in [0.2, 0.25) is 0 Å². The van der Waals surface area contributed by atoms with E-state index in [9.17, 15) is 14.4 Å². The Morgan fingerprint density at radius 2 is 0.607 bits per heavy atom. The zero-order valence-corrected chi connectivity index (χ0v) is 20.3. The van der Waals surface area contributed by atoms with E-state index in [4.69, 9.17) is 15.3 Å². The van der Waals surface area contributed by atoms with Crippen molar-refractivity contribution in [1.29, 1.82) is 0 Å². The Balaban J connectivity index is 0.000000384. The second-order valence-corrected chi connectivity index (χ2v) is 8.02. The quantitative estimate of drug-likeness (QED) is 0.414. The van der Waals surface area contributed by atoms with Crippen LogP contribution in [0, 0.1) is 17.8 Å². The molecule has 0 amide bonds. The molecule has 3 N–H and O–H groups in total. The van der Waals surface area contributed by atoms with Crippen LogP contribution in [0.15, 0.2) is 0 Å². The fourth-order valence-electron chi connectivity index (χ4n) is 4.05. The molecule has 3 saturated carbocycles.